The maximum atomic E-state index is 14.4. The highest BCUT2D eigenvalue weighted by Gasteiger charge is 2.44. The summed E-state index contributed by atoms with van der Waals surface area (Å²) in [6, 6.07) is 10.0. The zero-order valence-electron chi connectivity index (χ0n) is 19.9. The van der Waals surface area contributed by atoms with Gasteiger partial charge in [0.15, 0.2) is 11.6 Å². The second-order valence-corrected chi connectivity index (χ2v) is 9.53. The number of carbonyl (C=O) groups excluding carboxylic acids is 1. The molecule has 2 aliphatic rings. The first-order valence-corrected chi connectivity index (χ1v) is 11.8. The molecule has 1 amide bonds. The van der Waals surface area contributed by atoms with Crippen LogP contribution in [0.3, 0.4) is 0 Å². The van der Waals surface area contributed by atoms with Crippen LogP contribution in [0.25, 0.3) is 0 Å². The van der Waals surface area contributed by atoms with Crippen molar-refractivity contribution in [1.29, 1.82) is 0 Å². The smallest absolute Gasteiger partial charge is 0.253 e. The summed E-state index contributed by atoms with van der Waals surface area (Å²) in [6.07, 6.45) is -2.25. The Kier molecular flexibility index (Phi) is 7.66. The summed E-state index contributed by atoms with van der Waals surface area (Å²) in [5.41, 5.74) is 0.244. The van der Waals surface area contributed by atoms with Gasteiger partial charge in [-0.2, -0.15) is 0 Å². The maximum Gasteiger partial charge on any atom is 0.253 e. The Morgan fingerprint density at radius 1 is 1.11 bits per heavy atom. The summed E-state index contributed by atoms with van der Waals surface area (Å²) in [6.45, 7) is 4.51. The number of alkyl halides is 2. The van der Waals surface area contributed by atoms with Crippen LogP contribution in [-0.2, 0) is 4.74 Å². The molecule has 2 aromatic carbocycles. The topological polar surface area (TPSA) is 42.0 Å². The van der Waals surface area contributed by atoms with Crippen molar-refractivity contribution in [2.45, 2.75) is 50.9 Å². The molecule has 2 heterocycles. The van der Waals surface area contributed by atoms with Gasteiger partial charge in [0, 0.05) is 31.7 Å². The lowest BCUT2D eigenvalue weighted by Gasteiger charge is -2.50. The zero-order chi connectivity index (χ0) is 25.2. The molecule has 2 aromatic rings. The second-order valence-electron chi connectivity index (χ2n) is 9.53. The number of hydrogen-bond donors (Lipinski definition) is 0. The normalized spacial score (nSPS) is 20.6. The van der Waals surface area contributed by atoms with Crippen LogP contribution in [0.5, 0.6) is 5.75 Å². The van der Waals surface area contributed by atoms with Crippen molar-refractivity contribution >= 4 is 5.91 Å². The third-order valence-electron chi connectivity index (χ3n) is 6.47. The van der Waals surface area contributed by atoms with E-state index in [0.29, 0.717) is 32.5 Å². The van der Waals surface area contributed by atoms with Gasteiger partial charge in [0.2, 0.25) is 0 Å². The first kappa shape index (κ1) is 25.4. The molecule has 0 aromatic heterocycles. The van der Waals surface area contributed by atoms with E-state index in [2.05, 4.69) is 0 Å². The van der Waals surface area contributed by atoms with Crippen molar-refractivity contribution in [2.24, 2.45) is 0 Å². The summed E-state index contributed by atoms with van der Waals surface area (Å²) in [4.78, 5) is 16.3. The number of benzene rings is 2. The Hall–Kier alpha value is -2.65. The van der Waals surface area contributed by atoms with Crippen LogP contribution in [0.2, 0.25) is 0 Å². The average Bonchev–Trinajstić information content (AvgIpc) is 2.80. The third-order valence-corrected chi connectivity index (χ3v) is 6.47. The molecule has 35 heavy (non-hydrogen) atoms. The molecule has 0 aliphatic carbocycles. The third kappa shape index (κ3) is 6.13. The van der Waals surface area contributed by atoms with Crippen LogP contribution in [0.15, 0.2) is 42.5 Å². The molecule has 1 spiro atoms. The van der Waals surface area contributed by atoms with Crippen molar-refractivity contribution in [1.82, 2.24) is 9.80 Å². The monoisotopic (exact) mass is 494 g/mol. The minimum Gasteiger partial charge on any atom is -0.488 e. The van der Waals surface area contributed by atoms with Gasteiger partial charge in [-0.3, -0.25) is 9.69 Å². The van der Waals surface area contributed by atoms with Gasteiger partial charge < -0.3 is 14.4 Å². The number of nitrogens with zero attached hydrogens (tertiary/aromatic N) is 2. The Balaban J connectivity index is 1.46. The van der Waals surface area contributed by atoms with E-state index in [9.17, 15) is 22.4 Å². The molecule has 0 radical (unpaired) electrons. The summed E-state index contributed by atoms with van der Waals surface area (Å²) in [5, 5.41) is 0. The minimum absolute atomic E-state index is 0.0932. The molecule has 2 saturated heterocycles. The number of ether oxygens (including phenoxy) is 2. The van der Waals surface area contributed by atoms with Crippen molar-refractivity contribution in [2.75, 3.05) is 32.7 Å². The van der Waals surface area contributed by atoms with Crippen LogP contribution in [-0.4, -0.2) is 66.6 Å². The zero-order valence-corrected chi connectivity index (χ0v) is 19.9. The number of rotatable bonds is 6. The Bertz CT molecular complexity index is 1020. The van der Waals surface area contributed by atoms with Gasteiger partial charge in [0.25, 0.3) is 12.3 Å². The SMILES string of the molecule is CC(C)Oc1ccc(C(=O)N2CCC3(CC2)CN(CC(F)F)CC(c2ccc(F)cc2)O3)cc1F. The van der Waals surface area contributed by atoms with Crippen LogP contribution in [0, 0.1) is 11.6 Å². The van der Waals surface area contributed by atoms with E-state index >= 15 is 0 Å². The number of hydrogen-bond acceptors (Lipinski definition) is 4. The van der Waals surface area contributed by atoms with E-state index < -0.39 is 23.9 Å². The Labute approximate surface area is 202 Å². The molecule has 0 N–H and O–H groups in total. The first-order chi connectivity index (χ1) is 16.6. The van der Waals surface area contributed by atoms with Crippen LogP contribution < -0.4 is 4.74 Å². The number of halogens is 4. The van der Waals surface area contributed by atoms with E-state index in [0.717, 1.165) is 5.56 Å². The lowest BCUT2D eigenvalue weighted by atomic mass is 9.87. The van der Waals surface area contributed by atoms with Gasteiger partial charge in [0.05, 0.1) is 24.4 Å². The average molecular weight is 495 g/mol. The lowest BCUT2D eigenvalue weighted by molar-refractivity contribution is -0.180. The molecule has 0 saturated carbocycles. The summed E-state index contributed by atoms with van der Waals surface area (Å²) in [5.74, 6) is -1.19. The molecule has 1 atom stereocenters. The van der Waals surface area contributed by atoms with Gasteiger partial charge in [-0.05, 0) is 62.6 Å². The molecular formula is C26H30F4N2O3. The molecule has 0 bridgehead atoms. The maximum absolute atomic E-state index is 14.4. The Morgan fingerprint density at radius 3 is 2.40 bits per heavy atom. The van der Waals surface area contributed by atoms with Gasteiger partial charge in [-0.25, -0.2) is 17.6 Å². The predicted molar refractivity (Wildman–Crippen MR) is 123 cm³/mol. The fourth-order valence-electron chi connectivity index (χ4n) is 4.83. The molecule has 5 nitrogen and oxygen atoms in total. The van der Waals surface area contributed by atoms with Gasteiger partial charge in [-0.1, -0.05) is 12.1 Å². The van der Waals surface area contributed by atoms with Crippen molar-refractivity contribution < 1.29 is 31.8 Å². The van der Waals surface area contributed by atoms with Crippen molar-refractivity contribution in [3.63, 3.8) is 0 Å². The summed E-state index contributed by atoms with van der Waals surface area (Å²) < 4.78 is 66.1. The highest BCUT2D eigenvalue weighted by molar-refractivity contribution is 5.94. The fraction of sp³-hybridized carbons (Fsp3) is 0.500. The van der Waals surface area contributed by atoms with E-state index in [1.807, 2.05) is 0 Å². The van der Waals surface area contributed by atoms with E-state index in [1.165, 1.54) is 24.3 Å². The molecule has 190 valence electrons. The van der Waals surface area contributed by atoms with Gasteiger partial charge in [0.1, 0.15) is 5.82 Å². The standard InChI is InChI=1S/C26H30F4N2O3/c1-17(2)34-22-8-5-19(13-21(22)28)25(33)32-11-9-26(10-12-32)16-31(15-24(29)30)14-23(35-26)18-3-6-20(27)7-4-18/h3-8,13,17,23-24H,9-12,14-16H2,1-2H3. The Morgan fingerprint density at radius 2 is 1.80 bits per heavy atom. The quantitative estimate of drug-likeness (QED) is 0.527. The highest BCUT2D eigenvalue weighted by Crippen LogP contribution is 2.38. The highest BCUT2D eigenvalue weighted by atomic mass is 19.3. The largest absolute Gasteiger partial charge is 0.488 e. The van der Waals surface area contributed by atoms with Crippen molar-refractivity contribution in [3.8, 4) is 5.75 Å². The number of carbonyl (C=O) groups is 1. The van der Waals surface area contributed by atoms with E-state index in [4.69, 9.17) is 9.47 Å². The number of piperidine rings is 1. The van der Waals surface area contributed by atoms with Crippen LogP contribution >= 0.6 is 0 Å². The van der Waals surface area contributed by atoms with Crippen LogP contribution in [0.4, 0.5) is 17.6 Å². The lowest BCUT2D eigenvalue weighted by Crippen LogP contribution is -2.58. The molecular weight excluding hydrogens is 464 g/mol. The number of likely N-dealkylation sites (tertiary alicyclic amines) is 1. The number of morpholine rings is 1. The van der Waals surface area contributed by atoms with Crippen LogP contribution in [0.1, 0.15) is 48.7 Å². The van der Waals surface area contributed by atoms with Gasteiger partial charge in [-0.15, -0.1) is 0 Å². The molecule has 2 aliphatic heterocycles. The summed E-state index contributed by atoms with van der Waals surface area (Å²) in [7, 11) is 0. The fourth-order valence-corrected chi connectivity index (χ4v) is 4.83. The van der Waals surface area contributed by atoms with E-state index in [1.54, 1.807) is 41.8 Å². The molecule has 4 rings (SSSR count). The van der Waals surface area contributed by atoms with Gasteiger partial charge >= 0.3 is 0 Å². The molecule has 2 fully saturated rings. The molecule has 1 unspecified atom stereocenters. The number of amides is 1. The molecule has 9 heteroatoms. The minimum atomic E-state index is -2.49. The predicted octanol–water partition coefficient (Wildman–Crippen LogP) is 5.07. The summed E-state index contributed by atoms with van der Waals surface area (Å²) >= 11 is 0. The van der Waals surface area contributed by atoms with E-state index in [-0.39, 0.29) is 42.2 Å². The second kappa shape index (κ2) is 10.5. The first-order valence-electron chi connectivity index (χ1n) is 11.8. The van der Waals surface area contributed by atoms with Crippen molar-refractivity contribution in [3.05, 3.63) is 65.2 Å².